The molecular weight excluding hydrogens is 518 g/mol. The summed E-state index contributed by atoms with van der Waals surface area (Å²) in [5.41, 5.74) is -1.22. The van der Waals surface area contributed by atoms with Gasteiger partial charge in [0, 0.05) is 35.9 Å². The smallest absolute Gasteiger partial charge is 0.412 e. The van der Waals surface area contributed by atoms with Crippen molar-refractivity contribution in [3.63, 3.8) is 0 Å². The lowest BCUT2D eigenvalue weighted by Crippen LogP contribution is -2.29. The lowest BCUT2D eigenvalue weighted by atomic mass is 9.89. The number of nitro groups is 2. The Morgan fingerprint density at radius 3 is 2.21 bits per heavy atom. The van der Waals surface area contributed by atoms with Crippen molar-refractivity contribution < 1.29 is 34.3 Å². The number of ether oxygens (including phenoxy) is 2. The summed E-state index contributed by atoms with van der Waals surface area (Å²) in [5, 5.41) is 44.7. The van der Waals surface area contributed by atoms with E-state index in [1.54, 1.807) is 0 Å². The molecule has 1 saturated heterocycles. The number of amides is 1. The molecule has 0 bridgehead atoms. The monoisotopic (exact) mass is 541 g/mol. The maximum atomic E-state index is 12.6. The zero-order valence-electron chi connectivity index (χ0n) is 20.2. The first-order valence-electron chi connectivity index (χ1n) is 11.6. The molecule has 1 fully saturated rings. The van der Waals surface area contributed by atoms with E-state index in [9.17, 15) is 40.0 Å². The van der Waals surface area contributed by atoms with E-state index in [1.165, 1.54) is 60.8 Å². The summed E-state index contributed by atoms with van der Waals surface area (Å²) < 4.78 is 11.8. The second kappa shape index (κ2) is 11.8. The molecule has 2 aromatic carbocycles. The van der Waals surface area contributed by atoms with Gasteiger partial charge < -0.3 is 19.7 Å². The fourth-order valence-electron chi connectivity index (χ4n) is 4.30. The van der Waals surface area contributed by atoms with Gasteiger partial charge in [0.15, 0.2) is 0 Å². The van der Waals surface area contributed by atoms with Gasteiger partial charge in [-0.25, -0.2) is 9.59 Å². The normalized spacial score (nSPS) is 18.6. The van der Waals surface area contributed by atoms with Gasteiger partial charge in [0.25, 0.3) is 11.4 Å². The van der Waals surface area contributed by atoms with E-state index in [2.05, 4.69) is 10.3 Å². The van der Waals surface area contributed by atoms with Crippen molar-refractivity contribution >= 4 is 23.3 Å². The number of nitro benzene ring substituents is 2. The third-order valence-corrected chi connectivity index (χ3v) is 6.15. The first kappa shape index (κ1) is 27.3. The van der Waals surface area contributed by atoms with E-state index >= 15 is 0 Å². The fraction of sp³-hybridized carbons (Fsp3) is 0.292. The minimum absolute atomic E-state index is 0.0558. The first-order chi connectivity index (χ1) is 18.7. The number of carbonyl (C=O) groups is 1. The molecule has 2 heterocycles. The van der Waals surface area contributed by atoms with Crippen molar-refractivity contribution in [2.24, 2.45) is 0 Å². The molecule has 3 atom stereocenters. The van der Waals surface area contributed by atoms with Crippen LogP contribution in [-0.2, 0) is 9.47 Å². The van der Waals surface area contributed by atoms with Crippen LogP contribution in [0.5, 0.6) is 0 Å². The van der Waals surface area contributed by atoms with Crippen LogP contribution >= 0.6 is 0 Å². The van der Waals surface area contributed by atoms with Crippen LogP contribution in [0.15, 0.2) is 65.6 Å². The molecule has 204 valence electrons. The van der Waals surface area contributed by atoms with Crippen LogP contribution in [-0.4, -0.2) is 61.1 Å². The van der Waals surface area contributed by atoms with Crippen LogP contribution < -0.4 is 11.0 Å². The summed E-state index contributed by atoms with van der Waals surface area (Å²) in [6, 6.07) is 12.6. The molecule has 1 aromatic heterocycles. The number of aliphatic hydroxyl groups is 2. The summed E-state index contributed by atoms with van der Waals surface area (Å²) in [7, 11) is 0. The predicted molar refractivity (Wildman–Crippen MR) is 133 cm³/mol. The minimum atomic E-state index is -1.06. The predicted octanol–water partition coefficient (Wildman–Crippen LogP) is 2.08. The number of hydrogen-bond donors (Lipinski definition) is 3. The Morgan fingerprint density at radius 2 is 1.69 bits per heavy atom. The number of para-hydroxylation sites is 2. The molecule has 4 rings (SSSR count). The quantitative estimate of drug-likeness (QED) is 0.264. The van der Waals surface area contributed by atoms with E-state index in [1.807, 2.05) is 0 Å². The van der Waals surface area contributed by atoms with Crippen molar-refractivity contribution in [2.45, 2.75) is 30.8 Å². The van der Waals surface area contributed by atoms with Crippen molar-refractivity contribution in [3.8, 4) is 0 Å². The topological polar surface area (TPSA) is 209 Å². The number of nitrogens with zero attached hydrogens (tertiary/aromatic N) is 4. The zero-order valence-corrected chi connectivity index (χ0v) is 20.2. The molecule has 0 radical (unpaired) electrons. The fourth-order valence-corrected chi connectivity index (χ4v) is 4.30. The molecule has 15 heteroatoms. The molecular formula is C24H23N5O10. The molecule has 39 heavy (non-hydrogen) atoms. The van der Waals surface area contributed by atoms with Crippen LogP contribution in [0, 0.1) is 20.2 Å². The van der Waals surface area contributed by atoms with Gasteiger partial charge in [-0.3, -0.25) is 30.1 Å². The summed E-state index contributed by atoms with van der Waals surface area (Å²) in [6.07, 6.45) is -2.39. The zero-order chi connectivity index (χ0) is 28.1. The number of benzene rings is 2. The van der Waals surface area contributed by atoms with Gasteiger partial charge in [-0.15, -0.1) is 0 Å². The number of anilines is 1. The van der Waals surface area contributed by atoms with Crippen LogP contribution in [0.2, 0.25) is 0 Å². The van der Waals surface area contributed by atoms with Gasteiger partial charge in [0.2, 0.25) is 0 Å². The van der Waals surface area contributed by atoms with E-state index < -0.39 is 59.2 Å². The Balaban J connectivity index is 1.53. The number of aromatic nitrogens is 2. The molecule has 0 unspecified atom stereocenters. The molecule has 1 amide bonds. The molecule has 0 spiro atoms. The highest BCUT2D eigenvalue weighted by Crippen LogP contribution is 2.36. The SMILES string of the molecule is O=C(Nc1ccn([C@H]2C[C@H](O)[C@@H](CO)O2)c(=O)n1)OCC(c1ccccc1[N+](=O)[O-])c1ccccc1[N+](=O)[O-]. The number of aliphatic hydroxyl groups excluding tert-OH is 2. The highest BCUT2D eigenvalue weighted by atomic mass is 16.6. The van der Waals surface area contributed by atoms with Gasteiger partial charge in [-0.05, 0) is 6.07 Å². The number of carbonyl (C=O) groups excluding carboxylic acids is 1. The van der Waals surface area contributed by atoms with Crippen LogP contribution in [0.1, 0.15) is 29.7 Å². The first-order valence-corrected chi connectivity index (χ1v) is 11.6. The van der Waals surface area contributed by atoms with Gasteiger partial charge in [-0.2, -0.15) is 4.98 Å². The Labute approximate surface area is 219 Å². The minimum Gasteiger partial charge on any atom is -0.448 e. The maximum absolute atomic E-state index is 12.6. The maximum Gasteiger partial charge on any atom is 0.412 e. The van der Waals surface area contributed by atoms with E-state index in [-0.39, 0.29) is 34.7 Å². The van der Waals surface area contributed by atoms with Crippen LogP contribution in [0.4, 0.5) is 22.0 Å². The average Bonchev–Trinajstić information content (AvgIpc) is 3.29. The van der Waals surface area contributed by atoms with Gasteiger partial charge in [-0.1, -0.05) is 36.4 Å². The standard InChI is InChI=1S/C24H23N5O10/c30-12-20-19(31)11-22(39-20)27-10-9-21(25-23(27)32)26-24(33)38-13-16(14-5-1-3-7-17(14)28(34)35)15-6-2-4-8-18(15)29(36)37/h1-10,16,19-20,22,30-31H,11-13H2,(H,25,26,32,33)/t19-,20+,22+/m0/s1. The molecule has 3 aromatic rings. The summed E-state index contributed by atoms with van der Waals surface area (Å²) in [4.78, 5) is 50.8. The summed E-state index contributed by atoms with van der Waals surface area (Å²) in [6.45, 7) is -0.931. The molecule has 0 aliphatic carbocycles. The lowest BCUT2D eigenvalue weighted by Gasteiger charge is -2.18. The summed E-state index contributed by atoms with van der Waals surface area (Å²) >= 11 is 0. The van der Waals surface area contributed by atoms with Crippen LogP contribution in [0.3, 0.4) is 0 Å². The van der Waals surface area contributed by atoms with Crippen molar-refractivity contribution in [2.75, 3.05) is 18.5 Å². The number of rotatable bonds is 9. The Morgan fingerprint density at radius 1 is 1.10 bits per heavy atom. The van der Waals surface area contributed by atoms with Crippen molar-refractivity contribution in [3.05, 3.63) is 103 Å². The highest BCUT2D eigenvalue weighted by molar-refractivity contribution is 5.83. The summed E-state index contributed by atoms with van der Waals surface area (Å²) in [5.74, 6) is -1.24. The second-order valence-corrected chi connectivity index (χ2v) is 8.53. The van der Waals surface area contributed by atoms with Crippen LogP contribution in [0.25, 0.3) is 0 Å². The van der Waals surface area contributed by atoms with Gasteiger partial charge in [0.05, 0.1) is 28.5 Å². The van der Waals surface area contributed by atoms with Gasteiger partial charge >= 0.3 is 11.8 Å². The Kier molecular flexibility index (Phi) is 8.24. The second-order valence-electron chi connectivity index (χ2n) is 8.53. The molecule has 15 nitrogen and oxygen atoms in total. The van der Waals surface area contributed by atoms with E-state index in [4.69, 9.17) is 9.47 Å². The third kappa shape index (κ3) is 6.06. The lowest BCUT2D eigenvalue weighted by molar-refractivity contribution is -0.386. The third-order valence-electron chi connectivity index (χ3n) is 6.15. The van der Waals surface area contributed by atoms with E-state index in [0.29, 0.717) is 0 Å². The Bertz CT molecular complexity index is 1390. The average molecular weight is 541 g/mol. The molecule has 1 aliphatic rings. The van der Waals surface area contributed by atoms with E-state index in [0.717, 1.165) is 4.57 Å². The molecule has 3 N–H and O–H groups in total. The molecule has 1 aliphatic heterocycles. The van der Waals surface area contributed by atoms with Crippen molar-refractivity contribution in [1.29, 1.82) is 0 Å². The van der Waals surface area contributed by atoms with Gasteiger partial charge in [0.1, 0.15) is 24.8 Å². The highest BCUT2D eigenvalue weighted by Gasteiger charge is 2.35. The number of nitrogens with one attached hydrogen (secondary N) is 1. The Hall–Kier alpha value is -4.73. The molecule has 0 saturated carbocycles. The number of hydrogen-bond acceptors (Lipinski definition) is 11. The largest absolute Gasteiger partial charge is 0.448 e. The van der Waals surface area contributed by atoms with Crippen molar-refractivity contribution in [1.82, 2.24) is 9.55 Å².